The van der Waals surface area contributed by atoms with Gasteiger partial charge in [-0.05, 0) is 67.4 Å². The van der Waals surface area contributed by atoms with Crippen molar-refractivity contribution in [1.82, 2.24) is 0 Å². The van der Waals surface area contributed by atoms with Crippen LogP contribution in [0.4, 0.5) is 0 Å². The third-order valence-corrected chi connectivity index (χ3v) is 7.06. The summed E-state index contributed by atoms with van der Waals surface area (Å²) in [6.07, 6.45) is 7.39. The molecule has 0 amide bonds. The molecular weight excluding hydrogens is 264 g/mol. The molecule has 0 bridgehead atoms. The number of Topliss-reactive ketones (excluding diaryl/α,β-unsaturated/α-hetero) is 1. The number of carbonyl (C=O) groups is 2. The summed E-state index contributed by atoms with van der Waals surface area (Å²) in [4.78, 5) is 24.0. The molecule has 0 saturated heterocycles. The van der Waals surface area contributed by atoms with E-state index in [-0.39, 0.29) is 11.2 Å². The number of fused-ring (bicyclic) bond motifs is 5. The van der Waals surface area contributed by atoms with Gasteiger partial charge in [-0.2, -0.15) is 0 Å². The van der Waals surface area contributed by atoms with Crippen LogP contribution in [0.25, 0.3) is 0 Å². The van der Waals surface area contributed by atoms with Crippen molar-refractivity contribution < 1.29 is 14.7 Å². The summed E-state index contributed by atoms with van der Waals surface area (Å²) in [6, 6.07) is 0. The molecule has 4 rings (SSSR count). The molecule has 21 heavy (non-hydrogen) atoms. The third kappa shape index (κ3) is 1.82. The molecule has 0 aliphatic heterocycles. The Labute approximate surface area is 125 Å². The molecule has 1 N–H and O–H groups in total. The Morgan fingerprint density at radius 2 is 1.95 bits per heavy atom. The van der Waals surface area contributed by atoms with E-state index in [0.29, 0.717) is 35.9 Å². The zero-order chi connectivity index (χ0) is 14.8. The van der Waals surface area contributed by atoms with Crippen LogP contribution in [0.15, 0.2) is 11.6 Å². The van der Waals surface area contributed by atoms with Gasteiger partial charge in [0.1, 0.15) is 5.78 Å². The molecule has 114 valence electrons. The number of aliphatic hydroxyl groups is 1. The summed E-state index contributed by atoms with van der Waals surface area (Å²) in [7, 11) is 0. The van der Waals surface area contributed by atoms with E-state index in [1.807, 2.05) is 0 Å². The normalized spacial score (nSPS) is 49.2. The number of carbonyl (C=O) groups excluding carboxylic acids is 2. The molecule has 3 saturated carbocycles. The van der Waals surface area contributed by atoms with Crippen LogP contribution >= 0.6 is 0 Å². The minimum Gasteiger partial charge on any atom is -0.389 e. The zero-order valence-corrected chi connectivity index (χ0v) is 12.7. The largest absolute Gasteiger partial charge is 0.389 e. The van der Waals surface area contributed by atoms with E-state index < -0.39 is 6.10 Å². The molecule has 6 unspecified atom stereocenters. The van der Waals surface area contributed by atoms with Crippen LogP contribution in [0, 0.1) is 29.1 Å². The van der Waals surface area contributed by atoms with Crippen LogP contribution in [-0.4, -0.2) is 22.8 Å². The monoisotopic (exact) mass is 288 g/mol. The van der Waals surface area contributed by atoms with Gasteiger partial charge >= 0.3 is 0 Å². The highest BCUT2D eigenvalue weighted by Crippen LogP contribution is 2.60. The molecule has 0 spiro atoms. The van der Waals surface area contributed by atoms with Crippen LogP contribution in [0.1, 0.15) is 51.9 Å². The van der Waals surface area contributed by atoms with Gasteiger partial charge in [0.2, 0.25) is 0 Å². The SMILES string of the molecule is CC12CCC3C4CCC(=O)C=C4C(O)CC3C1CCC2=O. The molecule has 3 fully saturated rings. The number of hydrogen-bond acceptors (Lipinski definition) is 3. The Bertz CT molecular complexity index is 535. The summed E-state index contributed by atoms with van der Waals surface area (Å²) in [5.74, 6) is 2.52. The Kier molecular flexibility index (Phi) is 2.94. The summed E-state index contributed by atoms with van der Waals surface area (Å²) in [6.45, 7) is 2.16. The lowest BCUT2D eigenvalue weighted by Gasteiger charge is -2.53. The smallest absolute Gasteiger partial charge is 0.155 e. The second kappa shape index (κ2) is 4.52. The Morgan fingerprint density at radius 3 is 2.76 bits per heavy atom. The molecule has 0 aromatic carbocycles. The van der Waals surface area contributed by atoms with Crippen molar-refractivity contribution in [2.24, 2.45) is 29.1 Å². The van der Waals surface area contributed by atoms with E-state index in [2.05, 4.69) is 6.92 Å². The van der Waals surface area contributed by atoms with Gasteiger partial charge in [0.05, 0.1) is 6.10 Å². The van der Waals surface area contributed by atoms with Gasteiger partial charge in [-0.3, -0.25) is 9.59 Å². The maximum Gasteiger partial charge on any atom is 0.155 e. The van der Waals surface area contributed by atoms with E-state index >= 15 is 0 Å². The predicted octanol–water partition coefficient (Wildman–Crippen LogP) is 2.67. The molecule has 0 aromatic rings. The van der Waals surface area contributed by atoms with E-state index in [9.17, 15) is 14.7 Å². The molecule has 3 nitrogen and oxygen atoms in total. The second-order valence-electron chi connectivity index (χ2n) is 7.86. The average Bonchev–Trinajstić information content (AvgIpc) is 2.76. The summed E-state index contributed by atoms with van der Waals surface area (Å²) >= 11 is 0. The third-order valence-electron chi connectivity index (χ3n) is 7.06. The maximum atomic E-state index is 12.3. The molecule has 4 aliphatic carbocycles. The molecule has 0 aromatic heterocycles. The minimum absolute atomic E-state index is 0.132. The topological polar surface area (TPSA) is 54.4 Å². The van der Waals surface area contributed by atoms with Gasteiger partial charge < -0.3 is 5.11 Å². The van der Waals surface area contributed by atoms with E-state index in [4.69, 9.17) is 0 Å². The number of ketones is 2. The van der Waals surface area contributed by atoms with Crippen molar-refractivity contribution in [2.75, 3.05) is 0 Å². The Morgan fingerprint density at radius 1 is 1.14 bits per heavy atom. The quantitative estimate of drug-likeness (QED) is 0.745. The highest BCUT2D eigenvalue weighted by molar-refractivity contribution is 5.91. The van der Waals surface area contributed by atoms with E-state index in [1.165, 1.54) is 0 Å². The van der Waals surface area contributed by atoms with Gasteiger partial charge in [-0.25, -0.2) is 0 Å². The van der Waals surface area contributed by atoms with Crippen molar-refractivity contribution >= 4 is 11.6 Å². The number of aliphatic hydroxyl groups excluding tert-OH is 1. The number of hydrogen-bond donors (Lipinski definition) is 1. The van der Waals surface area contributed by atoms with Crippen LogP contribution in [0.3, 0.4) is 0 Å². The standard InChI is InChI=1S/C18H24O3/c1-18-7-6-12-11-3-2-10(19)8-14(11)16(20)9-13(12)15(18)4-5-17(18)21/h8,11-13,15-16,20H,2-7,9H2,1H3. The lowest BCUT2D eigenvalue weighted by Crippen LogP contribution is -2.49. The second-order valence-corrected chi connectivity index (χ2v) is 7.86. The lowest BCUT2D eigenvalue weighted by atomic mass is 9.52. The first-order valence-electron chi connectivity index (χ1n) is 8.46. The van der Waals surface area contributed by atoms with Crippen molar-refractivity contribution in [3.8, 4) is 0 Å². The van der Waals surface area contributed by atoms with Gasteiger partial charge in [-0.15, -0.1) is 0 Å². The predicted molar refractivity (Wildman–Crippen MR) is 78.5 cm³/mol. The molecule has 6 atom stereocenters. The Balaban J connectivity index is 1.68. The zero-order valence-electron chi connectivity index (χ0n) is 12.7. The fourth-order valence-electron chi connectivity index (χ4n) is 5.95. The fraction of sp³-hybridized carbons (Fsp3) is 0.778. The summed E-state index contributed by atoms with van der Waals surface area (Å²) in [5.41, 5.74) is 0.868. The van der Waals surface area contributed by atoms with Crippen molar-refractivity contribution in [3.63, 3.8) is 0 Å². The van der Waals surface area contributed by atoms with Gasteiger partial charge in [0, 0.05) is 18.3 Å². The van der Waals surface area contributed by atoms with Crippen LogP contribution in [0.5, 0.6) is 0 Å². The lowest BCUT2D eigenvalue weighted by molar-refractivity contribution is -0.132. The molecule has 4 aliphatic rings. The van der Waals surface area contributed by atoms with Gasteiger partial charge in [0.15, 0.2) is 5.78 Å². The summed E-state index contributed by atoms with van der Waals surface area (Å²) in [5, 5.41) is 10.5. The summed E-state index contributed by atoms with van der Waals surface area (Å²) < 4.78 is 0. The molecule has 0 heterocycles. The van der Waals surface area contributed by atoms with Crippen molar-refractivity contribution in [2.45, 2.75) is 58.0 Å². The van der Waals surface area contributed by atoms with Crippen LogP contribution in [-0.2, 0) is 9.59 Å². The highest BCUT2D eigenvalue weighted by atomic mass is 16.3. The van der Waals surface area contributed by atoms with Crippen LogP contribution in [0.2, 0.25) is 0 Å². The first-order chi connectivity index (χ1) is 10.0. The minimum atomic E-state index is -0.460. The fourth-order valence-corrected chi connectivity index (χ4v) is 5.95. The van der Waals surface area contributed by atoms with Gasteiger partial charge in [-0.1, -0.05) is 6.92 Å². The van der Waals surface area contributed by atoms with Crippen LogP contribution < -0.4 is 0 Å². The maximum absolute atomic E-state index is 12.3. The molecular formula is C18H24O3. The average molecular weight is 288 g/mol. The van der Waals surface area contributed by atoms with Gasteiger partial charge in [0.25, 0.3) is 0 Å². The molecule has 0 radical (unpaired) electrons. The highest BCUT2D eigenvalue weighted by Gasteiger charge is 2.57. The number of rotatable bonds is 0. The first-order valence-corrected chi connectivity index (χ1v) is 8.46. The molecule has 3 heteroatoms. The van der Waals surface area contributed by atoms with E-state index in [1.54, 1.807) is 6.08 Å². The first kappa shape index (κ1) is 13.7. The van der Waals surface area contributed by atoms with Crippen molar-refractivity contribution in [1.29, 1.82) is 0 Å². The van der Waals surface area contributed by atoms with Crippen molar-refractivity contribution in [3.05, 3.63) is 11.6 Å². The Hall–Kier alpha value is -0.960. The van der Waals surface area contributed by atoms with E-state index in [0.717, 1.165) is 44.1 Å².